The molecule has 196 valence electrons. The minimum absolute atomic E-state index is 0.00446. The Labute approximate surface area is 227 Å². The van der Waals surface area contributed by atoms with Crippen LogP contribution in [0.15, 0.2) is 78.9 Å². The summed E-state index contributed by atoms with van der Waals surface area (Å²) in [6, 6.07) is 21.0. The van der Waals surface area contributed by atoms with Gasteiger partial charge in [-0.15, -0.1) is 0 Å². The first kappa shape index (κ1) is 28.1. The number of hydrogen-bond donors (Lipinski definition) is 4. The number of hydrogen-bond acceptors (Lipinski definition) is 5. The number of amides is 3. The average Bonchev–Trinajstić information content (AvgIpc) is 2.91. The summed E-state index contributed by atoms with van der Waals surface area (Å²) in [6.07, 6.45) is 2.95. The van der Waals surface area contributed by atoms with E-state index in [1.165, 1.54) is 6.08 Å². The Morgan fingerprint density at radius 3 is 1.95 bits per heavy atom. The van der Waals surface area contributed by atoms with Gasteiger partial charge in [0.2, 0.25) is 5.91 Å². The van der Waals surface area contributed by atoms with Crippen molar-refractivity contribution in [2.75, 3.05) is 12.4 Å². The van der Waals surface area contributed by atoms with Gasteiger partial charge >= 0.3 is 0 Å². The van der Waals surface area contributed by atoms with Crippen molar-refractivity contribution >= 4 is 46.8 Å². The Hall–Kier alpha value is -4.50. The first-order valence-electron chi connectivity index (χ1n) is 11.8. The topological polar surface area (TPSA) is 109 Å². The van der Waals surface area contributed by atoms with Gasteiger partial charge < -0.3 is 10.1 Å². The van der Waals surface area contributed by atoms with Crippen molar-refractivity contribution in [2.45, 2.75) is 26.2 Å². The van der Waals surface area contributed by atoms with E-state index in [0.717, 1.165) is 11.1 Å². The molecule has 3 aromatic rings. The van der Waals surface area contributed by atoms with Gasteiger partial charge in [0.25, 0.3) is 11.8 Å². The number of thiocarbonyl (C=S) groups is 1. The van der Waals surface area contributed by atoms with Crippen LogP contribution < -0.4 is 26.2 Å². The minimum Gasteiger partial charge on any atom is -0.497 e. The molecular weight excluding hydrogens is 500 g/mol. The molecule has 0 heterocycles. The highest BCUT2D eigenvalue weighted by atomic mass is 32.1. The van der Waals surface area contributed by atoms with E-state index in [1.54, 1.807) is 73.8 Å². The Kier molecular flexibility index (Phi) is 9.34. The molecule has 0 aromatic heterocycles. The molecule has 38 heavy (non-hydrogen) atoms. The second kappa shape index (κ2) is 12.6. The van der Waals surface area contributed by atoms with Gasteiger partial charge in [0, 0.05) is 22.9 Å². The number of rotatable bonds is 6. The van der Waals surface area contributed by atoms with Crippen LogP contribution in [0.3, 0.4) is 0 Å². The lowest BCUT2D eigenvalue weighted by Gasteiger charge is -2.19. The number of anilines is 1. The summed E-state index contributed by atoms with van der Waals surface area (Å²) < 4.78 is 5.10. The molecule has 0 radical (unpaired) electrons. The smallest absolute Gasteiger partial charge is 0.269 e. The Morgan fingerprint density at radius 2 is 1.37 bits per heavy atom. The summed E-state index contributed by atoms with van der Waals surface area (Å²) >= 11 is 5.05. The van der Waals surface area contributed by atoms with Crippen LogP contribution >= 0.6 is 12.2 Å². The molecule has 0 bridgehead atoms. The third kappa shape index (κ3) is 8.28. The van der Waals surface area contributed by atoms with Gasteiger partial charge in [-0.2, -0.15) is 0 Å². The van der Waals surface area contributed by atoms with Gasteiger partial charge in [0.05, 0.1) is 7.11 Å². The highest BCUT2D eigenvalue weighted by molar-refractivity contribution is 7.80. The number of ether oxygens (including phenoxy) is 1. The maximum absolute atomic E-state index is 12.6. The number of nitrogens with one attached hydrogen (secondary N) is 4. The number of hydrazine groups is 1. The van der Waals surface area contributed by atoms with Crippen molar-refractivity contribution in [3.8, 4) is 5.75 Å². The third-order valence-corrected chi connectivity index (χ3v) is 5.69. The highest BCUT2D eigenvalue weighted by Gasteiger charge is 2.14. The first-order chi connectivity index (χ1) is 18.0. The van der Waals surface area contributed by atoms with Crippen LogP contribution in [-0.2, 0) is 10.2 Å². The molecule has 0 aliphatic heterocycles. The molecule has 9 heteroatoms. The van der Waals surface area contributed by atoms with Crippen molar-refractivity contribution in [3.63, 3.8) is 0 Å². The standard InChI is InChI=1S/C29H30N4O4S/c1-29(2,3)22-12-8-20(9-13-22)26(35)30-23-14-10-21(11-15-23)27(36)32-33-28(38)31-25(34)18-7-19-5-16-24(37-4)17-6-19/h5-18H,1-4H3,(H,30,35)(H,32,36)(H2,31,33,34,38)/b18-7+. The Balaban J connectivity index is 1.45. The van der Waals surface area contributed by atoms with E-state index in [4.69, 9.17) is 17.0 Å². The summed E-state index contributed by atoms with van der Waals surface area (Å²) in [5.74, 6) is -0.452. The molecule has 8 nitrogen and oxygen atoms in total. The zero-order valence-corrected chi connectivity index (χ0v) is 22.4. The highest BCUT2D eigenvalue weighted by Crippen LogP contribution is 2.22. The molecular formula is C29H30N4O4S. The van der Waals surface area contributed by atoms with E-state index in [0.29, 0.717) is 22.6 Å². The van der Waals surface area contributed by atoms with Crippen molar-refractivity contribution in [1.82, 2.24) is 16.2 Å². The van der Waals surface area contributed by atoms with Crippen molar-refractivity contribution in [3.05, 3.63) is 101 Å². The van der Waals surface area contributed by atoms with Gasteiger partial charge in [-0.25, -0.2) is 0 Å². The normalized spacial score (nSPS) is 10.9. The van der Waals surface area contributed by atoms with Gasteiger partial charge in [0.15, 0.2) is 5.11 Å². The molecule has 0 spiro atoms. The van der Waals surface area contributed by atoms with Crippen LogP contribution in [0.25, 0.3) is 6.08 Å². The number of carbonyl (C=O) groups is 3. The van der Waals surface area contributed by atoms with Crippen LogP contribution in [0.1, 0.15) is 52.6 Å². The van der Waals surface area contributed by atoms with Gasteiger partial charge in [-0.05, 0) is 83.4 Å². The van der Waals surface area contributed by atoms with Crippen LogP contribution in [-0.4, -0.2) is 29.9 Å². The fourth-order valence-corrected chi connectivity index (χ4v) is 3.44. The monoisotopic (exact) mass is 530 g/mol. The van der Waals surface area contributed by atoms with E-state index in [2.05, 4.69) is 42.3 Å². The summed E-state index contributed by atoms with van der Waals surface area (Å²) in [4.78, 5) is 37.0. The predicted molar refractivity (Wildman–Crippen MR) is 153 cm³/mol. The number of benzene rings is 3. The third-order valence-electron chi connectivity index (χ3n) is 5.49. The molecule has 0 saturated carbocycles. The maximum Gasteiger partial charge on any atom is 0.269 e. The van der Waals surface area contributed by atoms with Crippen LogP contribution in [0.5, 0.6) is 5.75 Å². The van der Waals surface area contributed by atoms with E-state index in [9.17, 15) is 14.4 Å². The van der Waals surface area contributed by atoms with Crippen LogP contribution in [0.4, 0.5) is 5.69 Å². The lowest BCUT2D eigenvalue weighted by molar-refractivity contribution is -0.115. The summed E-state index contributed by atoms with van der Waals surface area (Å²) in [6.45, 7) is 6.34. The molecule has 3 rings (SSSR count). The molecule has 0 unspecified atom stereocenters. The molecule has 4 N–H and O–H groups in total. The molecule has 3 aromatic carbocycles. The zero-order valence-electron chi connectivity index (χ0n) is 21.6. The fraction of sp³-hybridized carbons (Fsp3) is 0.172. The maximum atomic E-state index is 12.6. The predicted octanol–water partition coefficient (Wildman–Crippen LogP) is 4.59. The average molecular weight is 531 g/mol. The van der Waals surface area contributed by atoms with Crippen LogP contribution in [0, 0.1) is 0 Å². The van der Waals surface area contributed by atoms with Gasteiger partial charge in [0.1, 0.15) is 5.75 Å². The van der Waals surface area contributed by atoms with Crippen molar-refractivity contribution in [1.29, 1.82) is 0 Å². The lowest BCUT2D eigenvalue weighted by Crippen LogP contribution is -2.48. The van der Waals surface area contributed by atoms with E-state index < -0.39 is 11.8 Å². The van der Waals surface area contributed by atoms with Crippen molar-refractivity contribution < 1.29 is 19.1 Å². The molecule has 3 amide bonds. The summed E-state index contributed by atoms with van der Waals surface area (Å²) in [5.41, 5.74) is 8.29. The van der Waals surface area contributed by atoms with E-state index in [1.807, 2.05) is 12.1 Å². The second-order valence-corrected chi connectivity index (χ2v) is 9.77. The van der Waals surface area contributed by atoms with Crippen LogP contribution in [0.2, 0.25) is 0 Å². The first-order valence-corrected chi connectivity index (χ1v) is 12.2. The largest absolute Gasteiger partial charge is 0.497 e. The molecule has 0 saturated heterocycles. The summed E-state index contributed by atoms with van der Waals surface area (Å²) in [5, 5.41) is 5.20. The molecule has 0 aliphatic carbocycles. The van der Waals surface area contributed by atoms with Gasteiger partial charge in [-0.3, -0.25) is 30.6 Å². The molecule has 0 atom stereocenters. The number of carbonyl (C=O) groups excluding carboxylic acids is 3. The molecule has 0 aliphatic rings. The van der Waals surface area contributed by atoms with Crippen molar-refractivity contribution in [2.24, 2.45) is 0 Å². The lowest BCUT2D eigenvalue weighted by atomic mass is 9.87. The van der Waals surface area contributed by atoms with E-state index >= 15 is 0 Å². The number of methoxy groups -OCH3 is 1. The van der Waals surface area contributed by atoms with Gasteiger partial charge in [-0.1, -0.05) is 45.0 Å². The van der Waals surface area contributed by atoms with E-state index in [-0.39, 0.29) is 16.4 Å². The zero-order chi connectivity index (χ0) is 27.7. The summed E-state index contributed by atoms with van der Waals surface area (Å²) in [7, 11) is 1.58. The minimum atomic E-state index is -0.467. The Bertz CT molecular complexity index is 1330. The molecule has 0 fully saturated rings. The quantitative estimate of drug-likeness (QED) is 0.211. The Morgan fingerprint density at radius 1 is 0.789 bits per heavy atom. The second-order valence-electron chi connectivity index (χ2n) is 9.36. The SMILES string of the molecule is COc1ccc(/C=C/C(=O)NC(=S)NNC(=O)c2ccc(NC(=O)c3ccc(C(C)(C)C)cc3)cc2)cc1. The fourth-order valence-electron chi connectivity index (χ4n) is 3.29.